The first kappa shape index (κ1) is 19.9. The molecule has 6 heteroatoms. The third kappa shape index (κ3) is 5.57. The van der Waals surface area contributed by atoms with E-state index < -0.39 is 0 Å². The fourth-order valence-electron chi connectivity index (χ4n) is 2.47. The second kappa shape index (κ2) is 9.37. The Hall–Kier alpha value is -2.86. The van der Waals surface area contributed by atoms with Gasteiger partial charge in [-0.3, -0.25) is 4.79 Å². The number of hydrogen-bond donors (Lipinski definition) is 1. The molecule has 3 rings (SSSR count). The van der Waals surface area contributed by atoms with Crippen LogP contribution in [0.5, 0.6) is 11.5 Å². The van der Waals surface area contributed by atoms with Crippen molar-refractivity contribution in [2.45, 2.75) is 27.4 Å². The number of para-hydroxylation sites is 1. The van der Waals surface area contributed by atoms with Gasteiger partial charge in [-0.15, -0.1) is 11.3 Å². The Morgan fingerprint density at radius 1 is 1.04 bits per heavy atom. The zero-order valence-electron chi connectivity index (χ0n) is 16.3. The molecule has 3 aromatic rings. The molecule has 0 atom stereocenters. The maximum Gasteiger partial charge on any atom is 0.267 e. The molecule has 0 saturated heterocycles. The molecule has 1 heterocycles. The average Bonchev–Trinajstić information content (AvgIpc) is 3.07. The summed E-state index contributed by atoms with van der Waals surface area (Å²) in [5, 5.41) is 3.68. The summed E-state index contributed by atoms with van der Waals surface area (Å²) in [6.07, 6.45) is 0. The van der Waals surface area contributed by atoms with Crippen molar-refractivity contribution in [2.75, 3.05) is 11.9 Å². The molecule has 0 saturated carbocycles. The van der Waals surface area contributed by atoms with Crippen molar-refractivity contribution in [2.24, 2.45) is 5.92 Å². The topological polar surface area (TPSA) is 60.5 Å². The van der Waals surface area contributed by atoms with E-state index in [2.05, 4.69) is 24.1 Å². The fourth-order valence-corrected chi connectivity index (χ4v) is 3.34. The maximum atomic E-state index is 12.6. The van der Waals surface area contributed by atoms with Crippen molar-refractivity contribution in [1.29, 1.82) is 0 Å². The van der Waals surface area contributed by atoms with Gasteiger partial charge in [0.1, 0.15) is 28.0 Å². The summed E-state index contributed by atoms with van der Waals surface area (Å²) in [6.45, 7) is 7.04. The first-order chi connectivity index (χ1) is 13.5. The molecule has 5 nitrogen and oxygen atoms in total. The number of aryl methyl sites for hydroxylation is 1. The van der Waals surface area contributed by atoms with Gasteiger partial charge in [-0.2, -0.15) is 0 Å². The Labute approximate surface area is 169 Å². The second-order valence-corrected chi connectivity index (χ2v) is 7.89. The zero-order valence-corrected chi connectivity index (χ0v) is 17.1. The highest BCUT2D eigenvalue weighted by molar-refractivity contribution is 7.13. The summed E-state index contributed by atoms with van der Waals surface area (Å²) in [5.74, 6) is 1.87. The van der Waals surface area contributed by atoms with Crippen LogP contribution < -0.4 is 14.8 Å². The lowest BCUT2D eigenvalue weighted by Crippen LogP contribution is -2.11. The van der Waals surface area contributed by atoms with Crippen LogP contribution in [0.4, 0.5) is 5.69 Å². The van der Waals surface area contributed by atoms with Gasteiger partial charge in [-0.1, -0.05) is 32.0 Å². The molecule has 2 aromatic carbocycles. The summed E-state index contributed by atoms with van der Waals surface area (Å²) in [6, 6.07) is 16.9. The lowest BCUT2D eigenvalue weighted by atomic mass is 10.2. The van der Waals surface area contributed by atoms with Crippen LogP contribution in [-0.2, 0) is 6.61 Å². The van der Waals surface area contributed by atoms with Gasteiger partial charge in [0.15, 0.2) is 0 Å². The Morgan fingerprint density at radius 2 is 1.71 bits per heavy atom. The van der Waals surface area contributed by atoms with Gasteiger partial charge in [0, 0.05) is 5.69 Å². The number of carbonyl (C=O) groups is 1. The maximum absolute atomic E-state index is 12.6. The number of benzene rings is 2. The van der Waals surface area contributed by atoms with Gasteiger partial charge in [-0.05, 0) is 49.2 Å². The van der Waals surface area contributed by atoms with Crippen molar-refractivity contribution in [1.82, 2.24) is 4.98 Å². The van der Waals surface area contributed by atoms with Crippen molar-refractivity contribution in [3.05, 3.63) is 70.2 Å². The Bertz CT molecular complexity index is 905. The van der Waals surface area contributed by atoms with E-state index in [1.165, 1.54) is 11.3 Å². The minimum Gasteiger partial charge on any atom is -0.493 e. The lowest BCUT2D eigenvalue weighted by molar-refractivity contribution is 0.103. The van der Waals surface area contributed by atoms with Crippen LogP contribution in [-0.4, -0.2) is 17.5 Å². The molecule has 0 aliphatic rings. The molecular weight excluding hydrogens is 372 g/mol. The van der Waals surface area contributed by atoms with Crippen molar-refractivity contribution >= 4 is 22.9 Å². The number of rotatable bonds is 8. The van der Waals surface area contributed by atoms with Gasteiger partial charge in [0.25, 0.3) is 5.91 Å². The zero-order chi connectivity index (χ0) is 19.9. The first-order valence-electron chi connectivity index (χ1n) is 9.19. The summed E-state index contributed by atoms with van der Waals surface area (Å²) in [4.78, 5) is 17.7. The molecule has 0 spiro atoms. The van der Waals surface area contributed by atoms with Crippen molar-refractivity contribution < 1.29 is 14.3 Å². The van der Waals surface area contributed by atoms with E-state index >= 15 is 0 Å². The molecule has 0 fully saturated rings. The molecule has 0 radical (unpaired) electrons. The fraction of sp³-hybridized carbons (Fsp3) is 0.273. The van der Waals surface area contributed by atoms with Gasteiger partial charge >= 0.3 is 0 Å². The summed E-state index contributed by atoms with van der Waals surface area (Å²) >= 11 is 1.35. The van der Waals surface area contributed by atoms with E-state index in [1.807, 2.05) is 61.5 Å². The summed E-state index contributed by atoms with van der Waals surface area (Å²) in [5.41, 5.74) is 1.42. The third-order valence-electron chi connectivity index (χ3n) is 3.85. The van der Waals surface area contributed by atoms with Crippen LogP contribution in [0, 0.1) is 12.8 Å². The molecule has 0 aliphatic carbocycles. The summed E-state index contributed by atoms with van der Waals surface area (Å²) in [7, 11) is 0. The molecule has 0 bridgehead atoms. The van der Waals surface area contributed by atoms with Gasteiger partial charge in [0.2, 0.25) is 0 Å². The Balaban J connectivity index is 1.59. The molecule has 146 valence electrons. The van der Waals surface area contributed by atoms with E-state index in [4.69, 9.17) is 9.47 Å². The van der Waals surface area contributed by atoms with Gasteiger partial charge in [-0.25, -0.2) is 4.98 Å². The quantitative estimate of drug-likeness (QED) is 0.560. The number of ether oxygens (including phenoxy) is 2. The monoisotopic (exact) mass is 396 g/mol. The van der Waals surface area contributed by atoms with Gasteiger partial charge < -0.3 is 14.8 Å². The number of carbonyl (C=O) groups excluding carboxylic acids is 1. The highest BCUT2D eigenvalue weighted by Crippen LogP contribution is 2.23. The Kier molecular flexibility index (Phi) is 6.66. The number of amides is 1. The highest BCUT2D eigenvalue weighted by atomic mass is 32.1. The molecule has 1 amide bonds. The van der Waals surface area contributed by atoms with Crippen LogP contribution in [0.15, 0.2) is 54.6 Å². The summed E-state index contributed by atoms with van der Waals surface area (Å²) < 4.78 is 11.4. The standard InChI is InChI=1S/C22H24N2O3S/c1-15(2)13-26-19-11-9-17(10-12-19)24-22(25)21-16(3)23-20(28-21)14-27-18-7-5-4-6-8-18/h4-12,15H,13-14H2,1-3H3,(H,24,25). The van der Waals surface area contributed by atoms with E-state index in [0.29, 0.717) is 29.7 Å². The number of nitrogens with zero attached hydrogens (tertiary/aromatic N) is 1. The average molecular weight is 397 g/mol. The second-order valence-electron chi connectivity index (χ2n) is 6.81. The van der Waals surface area contributed by atoms with Crippen molar-refractivity contribution in [3.63, 3.8) is 0 Å². The smallest absolute Gasteiger partial charge is 0.267 e. The van der Waals surface area contributed by atoms with E-state index in [0.717, 1.165) is 22.2 Å². The van der Waals surface area contributed by atoms with Crippen LogP contribution >= 0.6 is 11.3 Å². The number of hydrogen-bond acceptors (Lipinski definition) is 5. The normalized spacial score (nSPS) is 10.7. The highest BCUT2D eigenvalue weighted by Gasteiger charge is 2.16. The molecule has 0 aliphatic heterocycles. The van der Waals surface area contributed by atoms with E-state index in [1.54, 1.807) is 0 Å². The number of anilines is 1. The first-order valence-corrected chi connectivity index (χ1v) is 10.0. The van der Waals surface area contributed by atoms with Crippen molar-refractivity contribution in [3.8, 4) is 11.5 Å². The molecule has 28 heavy (non-hydrogen) atoms. The third-order valence-corrected chi connectivity index (χ3v) is 4.98. The predicted molar refractivity (Wildman–Crippen MR) is 112 cm³/mol. The predicted octanol–water partition coefficient (Wildman–Crippen LogP) is 5.32. The molecule has 1 aromatic heterocycles. The molecule has 0 unspecified atom stereocenters. The minimum absolute atomic E-state index is 0.170. The van der Waals surface area contributed by atoms with Crippen LogP contribution in [0.3, 0.4) is 0 Å². The number of aromatic nitrogens is 1. The SMILES string of the molecule is Cc1nc(COc2ccccc2)sc1C(=O)Nc1ccc(OCC(C)C)cc1. The number of thiazole rings is 1. The van der Waals surface area contributed by atoms with Crippen LogP contribution in [0.1, 0.15) is 34.2 Å². The molecule has 1 N–H and O–H groups in total. The molecular formula is C22H24N2O3S. The van der Waals surface area contributed by atoms with Crippen LogP contribution in [0.2, 0.25) is 0 Å². The minimum atomic E-state index is -0.170. The van der Waals surface area contributed by atoms with E-state index in [-0.39, 0.29) is 5.91 Å². The largest absolute Gasteiger partial charge is 0.493 e. The van der Waals surface area contributed by atoms with E-state index in [9.17, 15) is 4.79 Å². The Morgan fingerprint density at radius 3 is 2.39 bits per heavy atom. The van der Waals surface area contributed by atoms with Crippen LogP contribution in [0.25, 0.3) is 0 Å². The number of nitrogens with one attached hydrogen (secondary N) is 1. The van der Waals surface area contributed by atoms with Gasteiger partial charge in [0.05, 0.1) is 12.3 Å². The lowest BCUT2D eigenvalue weighted by Gasteiger charge is -2.09.